The molecular weight excluding hydrogens is 886 g/mol. The van der Waals surface area contributed by atoms with E-state index in [2.05, 4.69) is 24.2 Å². The summed E-state index contributed by atoms with van der Waals surface area (Å²) in [7, 11) is -1.59. The fourth-order valence-corrected chi connectivity index (χ4v) is 8.48. The summed E-state index contributed by atoms with van der Waals surface area (Å²) in [6.07, 6.45) is -1.42. The van der Waals surface area contributed by atoms with Gasteiger partial charge in [-0.25, -0.2) is 22.7 Å². The number of fused-ring (bicyclic) bond motifs is 2. The van der Waals surface area contributed by atoms with E-state index in [0.717, 1.165) is 30.3 Å². The number of para-hydroxylation sites is 2. The average molecular weight is 927 g/mol. The number of aryl methyl sites for hydroxylation is 2. The van der Waals surface area contributed by atoms with E-state index in [1.165, 1.54) is 19.2 Å². The van der Waals surface area contributed by atoms with E-state index < -0.39 is 50.9 Å². The van der Waals surface area contributed by atoms with Gasteiger partial charge in [0.15, 0.2) is 6.10 Å². The Hall–Kier alpha value is -6.66. The number of pyridine rings is 2. The highest BCUT2D eigenvalue weighted by atomic mass is 35.5. The van der Waals surface area contributed by atoms with Gasteiger partial charge in [-0.1, -0.05) is 120 Å². The van der Waals surface area contributed by atoms with Crippen LogP contribution >= 0.6 is 23.2 Å². The molecule has 0 spiro atoms. The number of halogens is 2. The molecule has 0 fully saturated rings. The Morgan fingerprint density at radius 2 is 1.20 bits per heavy atom. The Labute approximate surface area is 378 Å². The molecule has 18 heteroatoms. The molecule has 3 atom stereocenters. The molecule has 0 aliphatic heterocycles. The van der Waals surface area contributed by atoms with E-state index in [4.69, 9.17) is 28.9 Å². The summed E-state index contributed by atoms with van der Waals surface area (Å²) in [5.74, 6) is -2.48. The van der Waals surface area contributed by atoms with Gasteiger partial charge in [-0.3, -0.25) is 24.9 Å². The smallest absolute Gasteiger partial charge is 0.379 e. The van der Waals surface area contributed by atoms with E-state index in [1.807, 2.05) is 60.7 Å². The van der Waals surface area contributed by atoms with Crippen molar-refractivity contribution in [3.63, 3.8) is 0 Å². The first kappa shape index (κ1) is 48.4. The SMILES string of the molecule is COC(=O)C(=O)c1c(C)nc2ccccc2c1Cl.COC(=O)[C@@H](O)c1c(C)nc2ccccc2c1Cl.N[C@@H](c1ccccc1)[C@@H](NS(=O)(=O)c1ccc([N+](=O)[O-])cc1)c1ccccc1. The number of non-ortho nitro benzene ring substituents is 1. The molecule has 0 saturated carbocycles. The average Bonchev–Trinajstić information content (AvgIpc) is 3.31. The molecule has 0 bridgehead atoms. The number of nitrogens with one attached hydrogen (secondary N) is 1. The first-order valence-corrected chi connectivity index (χ1v) is 21.3. The predicted octanol–water partition coefficient (Wildman–Crippen LogP) is 8.27. The molecule has 7 aromatic rings. The fraction of sp³-hybridized carbons (Fsp3) is 0.152. The molecule has 0 radical (unpaired) electrons. The minimum atomic E-state index is -3.96. The number of carbonyl (C=O) groups is 3. The number of sulfonamides is 1. The number of rotatable bonds is 11. The van der Waals surface area contributed by atoms with Crippen LogP contribution in [0.1, 0.15) is 56.6 Å². The topological polar surface area (TPSA) is 231 Å². The van der Waals surface area contributed by atoms with Gasteiger partial charge in [0.25, 0.3) is 11.5 Å². The van der Waals surface area contributed by atoms with Crippen LogP contribution in [0.5, 0.6) is 0 Å². The standard InChI is InChI=1S/C20H19N3O4S.C13H12ClNO3.C13H10ClNO3/c21-19(15-7-3-1-4-8-15)20(16-9-5-2-6-10-16)22-28(26,27)18-13-11-17(12-14-18)23(24)25;2*1-7-10(12(16)13(17)18-2)11(14)8-5-3-4-6-9(8)15-7/h1-14,19-20,22H,21H2;3-6,12,16H,1-2H3;3-6H,1-2H3/t19-,20-;12-;/m00./s1. The lowest BCUT2D eigenvalue weighted by molar-refractivity contribution is -0.384. The van der Waals surface area contributed by atoms with Crippen LogP contribution in [0.4, 0.5) is 5.69 Å². The van der Waals surface area contributed by atoms with Crippen LogP contribution in [0.3, 0.4) is 0 Å². The van der Waals surface area contributed by atoms with Gasteiger partial charge in [-0.15, -0.1) is 0 Å². The normalized spacial score (nSPS) is 12.4. The first-order chi connectivity index (χ1) is 30.5. The number of ketones is 1. The molecule has 0 aliphatic rings. The number of nitro benzene ring substituents is 1. The lowest BCUT2D eigenvalue weighted by Gasteiger charge is -2.26. The van der Waals surface area contributed by atoms with Crippen LogP contribution in [-0.4, -0.2) is 60.4 Å². The lowest BCUT2D eigenvalue weighted by atomic mass is 9.95. The summed E-state index contributed by atoms with van der Waals surface area (Å²) in [6.45, 7) is 3.33. The molecular formula is C46H41Cl2N5O10S. The molecule has 64 heavy (non-hydrogen) atoms. The maximum Gasteiger partial charge on any atom is 0.379 e. The predicted molar refractivity (Wildman–Crippen MR) is 242 cm³/mol. The third-order valence-electron chi connectivity index (χ3n) is 9.70. The van der Waals surface area contributed by atoms with Crippen LogP contribution in [0.25, 0.3) is 21.8 Å². The number of hydrogen-bond donors (Lipinski definition) is 3. The Bertz CT molecular complexity index is 2930. The van der Waals surface area contributed by atoms with E-state index in [1.54, 1.807) is 62.4 Å². The number of nitro groups is 1. The largest absolute Gasteiger partial charge is 0.467 e. The van der Waals surface area contributed by atoms with E-state index >= 15 is 0 Å². The summed E-state index contributed by atoms with van der Waals surface area (Å²) in [6, 6.07) is 36.0. The molecule has 2 heterocycles. The van der Waals surface area contributed by atoms with Crippen LogP contribution in [-0.2, 0) is 29.1 Å². The maximum atomic E-state index is 12.9. The van der Waals surface area contributed by atoms with Crippen molar-refractivity contribution < 1.29 is 42.3 Å². The van der Waals surface area contributed by atoms with Gasteiger partial charge >= 0.3 is 11.9 Å². The number of aliphatic hydroxyl groups excluding tert-OH is 1. The molecule has 5 aromatic carbocycles. The van der Waals surface area contributed by atoms with Gasteiger partial charge in [0.1, 0.15) is 0 Å². The Kier molecular flexibility index (Phi) is 16.3. The molecule has 330 valence electrons. The van der Waals surface area contributed by atoms with Crippen molar-refractivity contribution >= 4 is 78.4 Å². The number of esters is 2. The summed E-state index contributed by atoms with van der Waals surface area (Å²) in [4.78, 5) is 53.3. The van der Waals surface area contributed by atoms with Crippen molar-refractivity contribution in [3.05, 3.63) is 187 Å². The summed E-state index contributed by atoms with van der Waals surface area (Å²) in [5, 5.41) is 22.6. The zero-order chi connectivity index (χ0) is 46.7. The maximum absolute atomic E-state index is 12.9. The van der Waals surface area contributed by atoms with Crippen molar-refractivity contribution in [2.75, 3.05) is 14.2 Å². The molecule has 0 amide bonds. The van der Waals surface area contributed by atoms with Crippen LogP contribution in [0.15, 0.2) is 138 Å². The minimum Gasteiger partial charge on any atom is -0.467 e. The first-order valence-electron chi connectivity index (χ1n) is 19.1. The summed E-state index contributed by atoms with van der Waals surface area (Å²) >= 11 is 12.4. The number of nitrogens with zero attached hydrogens (tertiary/aromatic N) is 3. The number of Topliss-reactive ketones (excluding diaryl/α,β-unsaturated/α-hetero) is 1. The van der Waals surface area contributed by atoms with Crippen molar-refractivity contribution in [1.29, 1.82) is 0 Å². The second-order valence-corrected chi connectivity index (χ2v) is 16.3. The number of methoxy groups -OCH3 is 2. The third-order valence-corrected chi connectivity index (χ3v) is 12.0. The summed E-state index contributed by atoms with van der Waals surface area (Å²) in [5.41, 5.74) is 10.4. The van der Waals surface area contributed by atoms with Gasteiger partial charge in [0, 0.05) is 34.2 Å². The Morgan fingerprint density at radius 1 is 0.719 bits per heavy atom. The zero-order valence-corrected chi connectivity index (χ0v) is 37.0. The van der Waals surface area contributed by atoms with Crippen molar-refractivity contribution in [2.24, 2.45) is 5.73 Å². The number of aromatic nitrogens is 2. The van der Waals surface area contributed by atoms with Crippen molar-refractivity contribution in [1.82, 2.24) is 14.7 Å². The van der Waals surface area contributed by atoms with E-state index in [-0.39, 0.29) is 21.2 Å². The van der Waals surface area contributed by atoms with Gasteiger partial charge in [-0.2, -0.15) is 0 Å². The number of aliphatic hydroxyl groups is 1. The van der Waals surface area contributed by atoms with Crippen LogP contribution in [0.2, 0.25) is 10.0 Å². The van der Waals surface area contributed by atoms with Gasteiger partial charge < -0.3 is 20.3 Å². The number of benzene rings is 5. The zero-order valence-electron chi connectivity index (χ0n) is 34.6. The fourth-order valence-electron chi connectivity index (χ4n) is 6.45. The molecule has 2 aromatic heterocycles. The van der Waals surface area contributed by atoms with Gasteiger partial charge in [-0.05, 0) is 49.2 Å². The van der Waals surface area contributed by atoms with Gasteiger partial charge in [0.05, 0.1) is 68.5 Å². The second kappa shape index (κ2) is 21.6. The third kappa shape index (κ3) is 11.3. The van der Waals surface area contributed by atoms with Gasteiger partial charge in [0.2, 0.25) is 10.0 Å². The van der Waals surface area contributed by atoms with Crippen molar-refractivity contribution in [2.45, 2.75) is 36.9 Å². The lowest BCUT2D eigenvalue weighted by Crippen LogP contribution is -2.36. The monoisotopic (exact) mass is 925 g/mol. The number of nitrogens with two attached hydrogens (primary N) is 1. The molecule has 4 N–H and O–H groups in total. The molecule has 0 aliphatic carbocycles. The van der Waals surface area contributed by atoms with E-state index in [0.29, 0.717) is 43.8 Å². The van der Waals surface area contributed by atoms with Crippen molar-refractivity contribution in [3.8, 4) is 0 Å². The molecule has 15 nitrogen and oxygen atoms in total. The summed E-state index contributed by atoms with van der Waals surface area (Å²) < 4.78 is 37.4. The van der Waals surface area contributed by atoms with Crippen LogP contribution in [0, 0.1) is 24.0 Å². The quantitative estimate of drug-likeness (QED) is 0.0365. The van der Waals surface area contributed by atoms with Crippen LogP contribution < -0.4 is 10.5 Å². The molecule has 7 rings (SSSR count). The number of carbonyl (C=O) groups excluding carboxylic acids is 3. The highest BCUT2D eigenvalue weighted by Crippen LogP contribution is 2.33. The minimum absolute atomic E-state index is 0.0701. The molecule has 0 saturated heterocycles. The Morgan fingerprint density at radius 3 is 1.72 bits per heavy atom. The highest BCUT2D eigenvalue weighted by Gasteiger charge is 2.29. The molecule has 0 unspecified atom stereocenters. The van der Waals surface area contributed by atoms with E-state index in [9.17, 15) is 38.0 Å². The number of hydrogen-bond acceptors (Lipinski definition) is 13. The second-order valence-electron chi connectivity index (χ2n) is 13.8. The number of ether oxygens (including phenoxy) is 2. The highest BCUT2D eigenvalue weighted by molar-refractivity contribution is 7.89. The Balaban J connectivity index is 0.000000188.